The highest BCUT2D eigenvalue weighted by Gasteiger charge is 2.26. The predicted octanol–water partition coefficient (Wildman–Crippen LogP) is 5.45. The lowest BCUT2D eigenvalue weighted by Crippen LogP contribution is -2.42. The molecule has 2 heterocycles. The summed E-state index contributed by atoms with van der Waals surface area (Å²) in [5.74, 6) is -1.07. The molecule has 2 atom stereocenters. The number of pyridine rings is 2. The molecule has 0 aliphatic rings. The minimum absolute atomic E-state index is 0.0300. The lowest BCUT2D eigenvalue weighted by molar-refractivity contribution is 0.0503. The molecule has 0 aliphatic heterocycles. The van der Waals surface area contributed by atoms with Gasteiger partial charge < -0.3 is 30.2 Å². The molecule has 0 saturated heterocycles. The number of ether oxygens (including phenoxy) is 3. The Morgan fingerprint density at radius 3 is 2.26 bits per heavy atom. The van der Waals surface area contributed by atoms with Gasteiger partial charge in [0.2, 0.25) is 11.8 Å². The van der Waals surface area contributed by atoms with Crippen LogP contribution in [0.2, 0.25) is 0 Å². The molecule has 0 fully saturated rings. The molecule has 0 bridgehead atoms. The molecule has 1 amide bonds. The van der Waals surface area contributed by atoms with E-state index in [1.54, 1.807) is 45.9 Å². The van der Waals surface area contributed by atoms with Crippen LogP contribution in [0.4, 0.5) is 30.9 Å². The summed E-state index contributed by atoms with van der Waals surface area (Å²) in [6, 6.07) is 10.1. The number of nitriles is 1. The van der Waals surface area contributed by atoms with Gasteiger partial charge in [0.05, 0.1) is 37.6 Å². The number of alkyl carbamates (subject to hydrolysis) is 1. The van der Waals surface area contributed by atoms with Crippen molar-refractivity contribution >= 4 is 23.4 Å². The van der Waals surface area contributed by atoms with Crippen LogP contribution in [0.3, 0.4) is 0 Å². The second-order valence-electron chi connectivity index (χ2n) is 9.50. The van der Waals surface area contributed by atoms with Crippen molar-refractivity contribution in [3.05, 3.63) is 65.2 Å². The van der Waals surface area contributed by atoms with Gasteiger partial charge in [0.25, 0.3) is 0 Å². The Morgan fingerprint density at radius 2 is 1.69 bits per heavy atom. The Bertz CT molecular complexity index is 1350. The van der Waals surface area contributed by atoms with E-state index in [0.29, 0.717) is 11.3 Å². The summed E-state index contributed by atoms with van der Waals surface area (Å²) in [7, 11) is 2.87. The van der Waals surface area contributed by atoms with Crippen LogP contribution in [0.1, 0.15) is 44.9 Å². The van der Waals surface area contributed by atoms with Gasteiger partial charge in [-0.25, -0.2) is 18.6 Å². The van der Waals surface area contributed by atoms with Crippen LogP contribution in [0, 0.1) is 23.0 Å². The molecule has 39 heavy (non-hydrogen) atoms. The molecule has 0 radical (unpaired) electrons. The average molecular weight is 541 g/mol. The Kier molecular flexibility index (Phi) is 9.08. The second-order valence-corrected chi connectivity index (χ2v) is 9.50. The maximum Gasteiger partial charge on any atom is 0.407 e. The summed E-state index contributed by atoms with van der Waals surface area (Å²) in [5, 5.41) is 18.2. The van der Waals surface area contributed by atoms with Crippen LogP contribution < -0.4 is 25.4 Å². The van der Waals surface area contributed by atoms with Gasteiger partial charge in [-0.1, -0.05) is 12.1 Å². The Labute approximate surface area is 225 Å². The molecule has 0 spiro atoms. The zero-order valence-electron chi connectivity index (χ0n) is 22.4. The molecule has 1 aromatic carbocycles. The largest absolute Gasteiger partial charge is 0.481 e. The van der Waals surface area contributed by atoms with E-state index >= 15 is 4.39 Å². The minimum Gasteiger partial charge on any atom is -0.481 e. The fourth-order valence-corrected chi connectivity index (χ4v) is 3.59. The van der Waals surface area contributed by atoms with Crippen molar-refractivity contribution in [1.82, 2.24) is 15.3 Å². The first-order chi connectivity index (χ1) is 18.4. The zero-order chi connectivity index (χ0) is 28.7. The summed E-state index contributed by atoms with van der Waals surface area (Å²) in [6.45, 7) is 6.82. The van der Waals surface area contributed by atoms with Crippen molar-refractivity contribution < 1.29 is 27.8 Å². The fourth-order valence-electron chi connectivity index (χ4n) is 3.59. The van der Waals surface area contributed by atoms with Gasteiger partial charge in [0.1, 0.15) is 17.5 Å². The number of halogens is 2. The van der Waals surface area contributed by atoms with Gasteiger partial charge >= 0.3 is 6.09 Å². The van der Waals surface area contributed by atoms with E-state index in [-0.39, 0.29) is 29.0 Å². The summed E-state index contributed by atoms with van der Waals surface area (Å²) in [6.07, 6.45) is -0.700. The molecule has 0 unspecified atom stereocenters. The van der Waals surface area contributed by atoms with Gasteiger partial charge in [-0.2, -0.15) is 10.2 Å². The third-order valence-corrected chi connectivity index (χ3v) is 5.30. The Hall–Kier alpha value is -4.66. The van der Waals surface area contributed by atoms with E-state index in [2.05, 4.69) is 25.9 Å². The van der Waals surface area contributed by atoms with Crippen LogP contribution in [0.5, 0.6) is 11.8 Å². The highest BCUT2D eigenvalue weighted by atomic mass is 19.1. The van der Waals surface area contributed by atoms with Crippen molar-refractivity contribution in [3.63, 3.8) is 0 Å². The normalized spacial score (nSPS) is 12.5. The van der Waals surface area contributed by atoms with Gasteiger partial charge in [-0.15, -0.1) is 0 Å². The number of rotatable bonds is 9. The van der Waals surface area contributed by atoms with Gasteiger partial charge in [-0.3, -0.25) is 0 Å². The van der Waals surface area contributed by atoms with E-state index in [4.69, 9.17) is 14.2 Å². The number of aromatic nitrogens is 2. The first kappa shape index (κ1) is 28.9. The molecule has 0 aliphatic carbocycles. The van der Waals surface area contributed by atoms with Crippen LogP contribution >= 0.6 is 0 Å². The van der Waals surface area contributed by atoms with E-state index in [1.165, 1.54) is 32.4 Å². The van der Waals surface area contributed by atoms with Crippen molar-refractivity contribution in [2.45, 2.75) is 45.4 Å². The molecule has 3 rings (SSSR count). The molecular weight excluding hydrogens is 510 g/mol. The molecular formula is C27H30F2N6O4. The Balaban J connectivity index is 1.99. The number of nitrogens with zero attached hydrogens (tertiary/aromatic N) is 3. The van der Waals surface area contributed by atoms with Crippen molar-refractivity contribution in [3.8, 4) is 17.8 Å². The first-order valence-corrected chi connectivity index (χ1v) is 11.9. The third kappa shape index (κ3) is 7.91. The topological polar surface area (TPSA) is 130 Å². The third-order valence-electron chi connectivity index (χ3n) is 5.30. The Morgan fingerprint density at radius 1 is 1.03 bits per heavy atom. The lowest BCUT2D eigenvalue weighted by atomic mass is 10.00. The maximum absolute atomic E-state index is 15.2. The summed E-state index contributed by atoms with van der Waals surface area (Å²) >= 11 is 0. The molecule has 10 nitrogen and oxygen atoms in total. The van der Waals surface area contributed by atoms with Crippen molar-refractivity contribution in [1.29, 1.82) is 5.26 Å². The molecule has 2 aromatic heterocycles. The number of amides is 1. The van der Waals surface area contributed by atoms with Gasteiger partial charge in [-0.05, 0) is 51.5 Å². The number of carbonyl (C=O) groups excluding carboxylic acids is 1. The molecule has 206 valence electrons. The number of nitrogens with one attached hydrogen (secondary N) is 3. The average Bonchev–Trinajstić information content (AvgIpc) is 2.87. The van der Waals surface area contributed by atoms with Crippen LogP contribution in [-0.4, -0.2) is 41.9 Å². The number of methoxy groups -OCH3 is 2. The highest BCUT2D eigenvalue weighted by molar-refractivity contribution is 5.69. The van der Waals surface area contributed by atoms with E-state index < -0.39 is 35.4 Å². The summed E-state index contributed by atoms with van der Waals surface area (Å²) in [5.41, 5.74) is 0.0183. The number of hydrogen-bond acceptors (Lipinski definition) is 9. The number of benzene rings is 1. The van der Waals surface area contributed by atoms with Crippen LogP contribution in [-0.2, 0) is 4.74 Å². The minimum atomic E-state index is -0.836. The smallest absolute Gasteiger partial charge is 0.407 e. The summed E-state index contributed by atoms with van der Waals surface area (Å²) < 4.78 is 45.0. The quantitative estimate of drug-likeness (QED) is 0.324. The number of hydrogen-bond donors (Lipinski definition) is 3. The second kappa shape index (κ2) is 12.3. The number of anilines is 3. The van der Waals surface area contributed by atoms with Crippen LogP contribution in [0.15, 0.2) is 42.5 Å². The van der Waals surface area contributed by atoms with E-state index in [9.17, 15) is 14.4 Å². The highest BCUT2D eigenvalue weighted by Crippen LogP contribution is 2.30. The molecule has 0 saturated carbocycles. The van der Waals surface area contributed by atoms with Crippen molar-refractivity contribution in [2.75, 3.05) is 24.9 Å². The standard InChI is InChI=1S/C27H30F2N6O4/c1-15(31-26(36)39-27(2,3)4)23(16-8-7-9-18(28)10-16)34-25-20(29)11-17(14-30)24(35-25)32-19-12-21(37-5)33-22(13-19)38-6/h7-13,15,23H,1-6H3,(H,31,36)(H2,32,33,34,35)/t15-,23-/m0/s1. The predicted molar refractivity (Wildman–Crippen MR) is 141 cm³/mol. The van der Waals surface area contributed by atoms with E-state index in [0.717, 1.165) is 6.07 Å². The first-order valence-electron chi connectivity index (χ1n) is 11.9. The van der Waals surface area contributed by atoms with Crippen molar-refractivity contribution in [2.24, 2.45) is 0 Å². The monoisotopic (exact) mass is 540 g/mol. The van der Waals surface area contributed by atoms with Crippen LogP contribution in [0.25, 0.3) is 0 Å². The molecule has 3 N–H and O–H groups in total. The lowest BCUT2D eigenvalue weighted by Gasteiger charge is -2.29. The maximum atomic E-state index is 15.2. The zero-order valence-corrected chi connectivity index (χ0v) is 22.4. The van der Waals surface area contributed by atoms with Gasteiger partial charge in [0.15, 0.2) is 17.5 Å². The SMILES string of the molecule is COc1cc(Nc2nc(N[C@H](c3cccc(F)c3)[C@H](C)NC(=O)OC(C)(C)C)c(F)cc2C#N)cc(OC)n1. The summed E-state index contributed by atoms with van der Waals surface area (Å²) in [4.78, 5) is 20.9. The van der Waals surface area contributed by atoms with Gasteiger partial charge in [0, 0.05) is 12.1 Å². The van der Waals surface area contributed by atoms with E-state index in [1.807, 2.05) is 6.07 Å². The molecule has 12 heteroatoms. The molecule has 3 aromatic rings. The number of carbonyl (C=O) groups is 1. The fraction of sp³-hybridized carbons (Fsp3) is 0.333.